The molecule has 0 fully saturated rings. The van der Waals surface area contributed by atoms with Gasteiger partial charge in [0, 0.05) is 0 Å². The largest absolute Gasteiger partial charge is 0.0807 e. The number of allylic oxidation sites excluding steroid dienone is 3. The molecule has 0 atom stereocenters. The van der Waals surface area contributed by atoms with Gasteiger partial charge in [0.05, 0.1) is 0 Å². The van der Waals surface area contributed by atoms with Crippen LogP contribution in [0.15, 0.2) is 36.4 Å². The lowest BCUT2D eigenvalue weighted by molar-refractivity contribution is 1.20. The molecule has 1 aromatic carbocycles. The molecule has 0 heteroatoms. The van der Waals surface area contributed by atoms with Gasteiger partial charge in [0.15, 0.2) is 0 Å². The van der Waals surface area contributed by atoms with Crippen molar-refractivity contribution in [3.8, 4) is 0 Å². The van der Waals surface area contributed by atoms with E-state index in [-0.39, 0.29) is 0 Å². The van der Waals surface area contributed by atoms with Crippen molar-refractivity contribution in [1.29, 1.82) is 0 Å². The molecule has 0 N–H and O–H groups in total. The van der Waals surface area contributed by atoms with Crippen molar-refractivity contribution in [2.24, 2.45) is 0 Å². The van der Waals surface area contributed by atoms with Crippen LogP contribution in [0.25, 0.3) is 11.6 Å². The van der Waals surface area contributed by atoms with Crippen LogP contribution in [-0.2, 0) is 0 Å². The molecule has 0 amide bonds. The van der Waals surface area contributed by atoms with Crippen LogP contribution in [0.5, 0.6) is 0 Å². The van der Waals surface area contributed by atoms with E-state index in [1.54, 1.807) is 0 Å². The van der Waals surface area contributed by atoms with Crippen LogP contribution in [-0.4, -0.2) is 0 Å². The Morgan fingerprint density at radius 3 is 3.00 bits per heavy atom. The van der Waals surface area contributed by atoms with Gasteiger partial charge < -0.3 is 0 Å². The Labute approximate surface area is 79.6 Å². The topological polar surface area (TPSA) is 0 Å². The summed E-state index contributed by atoms with van der Waals surface area (Å²) in [5.74, 6) is 0. The van der Waals surface area contributed by atoms with Crippen LogP contribution in [0.2, 0.25) is 0 Å². The summed E-state index contributed by atoms with van der Waals surface area (Å²) in [6.45, 7) is 2.19. The molecular weight excluding hydrogens is 156 g/mol. The Bertz CT molecular complexity index is 356. The highest BCUT2D eigenvalue weighted by atomic mass is 14.1. The molecule has 13 heavy (non-hydrogen) atoms. The van der Waals surface area contributed by atoms with Crippen LogP contribution in [0.4, 0.5) is 0 Å². The fourth-order valence-electron chi connectivity index (χ4n) is 1.80. The second-order valence-electron chi connectivity index (χ2n) is 3.33. The van der Waals surface area contributed by atoms with Gasteiger partial charge >= 0.3 is 0 Å². The lowest BCUT2D eigenvalue weighted by Crippen LogP contribution is -1.92. The Kier molecular flexibility index (Phi) is 2.31. The van der Waals surface area contributed by atoms with E-state index in [4.69, 9.17) is 0 Å². The molecule has 1 aromatic rings. The summed E-state index contributed by atoms with van der Waals surface area (Å²) >= 11 is 0. The van der Waals surface area contributed by atoms with Gasteiger partial charge in [-0.3, -0.25) is 0 Å². The van der Waals surface area contributed by atoms with Gasteiger partial charge in [-0.25, -0.2) is 0 Å². The van der Waals surface area contributed by atoms with Gasteiger partial charge in [-0.2, -0.15) is 0 Å². The Balaban J connectivity index is 2.49. The summed E-state index contributed by atoms with van der Waals surface area (Å²) in [5.41, 5.74) is 4.24. The van der Waals surface area contributed by atoms with E-state index in [9.17, 15) is 0 Å². The van der Waals surface area contributed by atoms with Crippen molar-refractivity contribution < 1.29 is 0 Å². The van der Waals surface area contributed by atoms with Crippen molar-refractivity contribution in [3.05, 3.63) is 47.5 Å². The first kappa shape index (κ1) is 8.31. The van der Waals surface area contributed by atoms with E-state index in [0.717, 1.165) is 12.8 Å². The molecule has 0 bridgehead atoms. The molecule has 66 valence electrons. The summed E-state index contributed by atoms with van der Waals surface area (Å²) in [7, 11) is 0. The van der Waals surface area contributed by atoms with Crippen molar-refractivity contribution >= 4 is 11.6 Å². The standard InChI is InChI=1S/C13H14/c1-2-6-11-8-5-9-12-7-3-4-10-13(11)12/h3-7,9-10H,2,8H2,1H3. The van der Waals surface area contributed by atoms with Gasteiger partial charge in [-0.05, 0) is 29.5 Å². The number of fused-ring (bicyclic) bond motifs is 1. The molecule has 0 aromatic heterocycles. The Hall–Kier alpha value is -1.30. The maximum absolute atomic E-state index is 2.32. The fourth-order valence-corrected chi connectivity index (χ4v) is 1.80. The minimum Gasteiger partial charge on any atom is -0.0807 e. The normalized spacial score (nSPS) is 17.5. The first-order valence-electron chi connectivity index (χ1n) is 4.87. The first-order chi connectivity index (χ1) is 6.42. The smallest absolute Gasteiger partial charge is 0.00911 e. The van der Waals surface area contributed by atoms with Crippen LogP contribution in [0, 0.1) is 0 Å². The first-order valence-corrected chi connectivity index (χ1v) is 4.87. The third kappa shape index (κ3) is 1.57. The molecule has 0 saturated heterocycles. The van der Waals surface area contributed by atoms with Crippen molar-refractivity contribution in [3.63, 3.8) is 0 Å². The highest BCUT2D eigenvalue weighted by Crippen LogP contribution is 2.28. The average Bonchev–Trinajstić information content (AvgIpc) is 2.19. The molecule has 2 rings (SSSR count). The van der Waals surface area contributed by atoms with Crippen LogP contribution < -0.4 is 0 Å². The molecule has 1 aliphatic rings. The zero-order valence-corrected chi connectivity index (χ0v) is 7.96. The lowest BCUT2D eigenvalue weighted by Gasteiger charge is -2.13. The molecule has 0 nitrogen and oxygen atoms in total. The third-order valence-electron chi connectivity index (χ3n) is 2.39. The fraction of sp³-hybridized carbons (Fsp3) is 0.231. The summed E-state index contributed by atoms with van der Waals surface area (Å²) < 4.78 is 0. The van der Waals surface area contributed by atoms with E-state index >= 15 is 0 Å². The van der Waals surface area contributed by atoms with E-state index in [1.165, 1.54) is 16.7 Å². The number of benzene rings is 1. The van der Waals surface area contributed by atoms with E-state index in [1.807, 2.05) is 0 Å². The Morgan fingerprint density at radius 2 is 2.15 bits per heavy atom. The third-order valence-corrected chi connectivity index (χ3v) is 2.39. The number of rotatable bonds is 1. The minimum absolute atomic E-state index is 1.09. The van der Waals surface area contributed by atoms with Gasteiger partial charge in [-0.15, -0.1) is 0 Å². The highest BCUT2D eigenvalue weighted by Gasteiger charge is 2.07. The van der Waals surface area contributed by atoms with Crippen molar-refractivity contribution in [2.75, 3.05) is 0 Å². The molecule has 0 radical (unpaired) electrons. The highest BCUT2D eigenvalue weighted by molar-refractivity contribution is 5.78. The van der Waals surface area contributed by atoms with Crippen LogP contribution in [0.3, 0.4) is 0 Å². The zero-order chi connectivity index (χ0) is 9.10. The van der Waals surface area contributed by atoms with Crippen LogP contribution >= 0.6 is 0 Å². The monoisotopic (exact) mass is 170 g/mol. The summed E-state index contributed by atoms with van der Waals surface area (Å²) in [6.07, 6.45) is 8.98. The second-order valence-corrected chi connectivity index (χ2v) is 3.33. The number of hydrogen-bond acceptors (Lipinski definition) is 0. The maximum atomic E-state index is 2.32. The number of hydrogen-bond donors (Lipinski definition) is 0. The molecular formula is C13H14. The summed E-state index contributed by atoms with van der Waals surface area (Å²) in [5, 5.41) is 0. The summed E-state index contributed by atoms with van der Waals surface area (Å²) in [6, 6.07) is 8.59. The molecule has 0 spiro atoms. The quantitative estimate of drug-likeness (QED) is 0.599. The van der Waals surface area contributed by atoms with Gasteiger partial charge in [0.25, 0.3) is 0 Å². The summed E-state index contributed by atoms with van der Waals surface area (Å²) in [4.78, 5) is 0. The molecule has 0 saturated carbocycles. The van der Waals surface area contributed by atoms with Gasteiger partial charge in [0.1, 0.15) is 0 Å². The van der Waals surface area contributed by atoms with Gasteiger partial charge in [-0.1, -0.05) is 49.4 Å². The molecule has 0 unspecified atom stereocenters. The Morgan fingerprint density at radius 1 is 1.31 bits per heavy atom. The van der Waals surface area contributed by atoms with E-state index in [2.05, 4.69) is 49.4 Å². The molecule has 0 aliphatic heterocycles. The average molecular weight is 170 g/mol. The van der Waals surface area contributed by atoms with Gasteiger partial charge in [0.2, 0.25) is 0 Å². The van der Waals surface area contributed by atoms with Crippen molar-refractivity contribution in [1.82, 2.24) is 0 Å². The minimum atomic E-state index is 1.09. The SMILES string of the molecule is CCC=C1CC=Cc2ccccc21. The van der Waals surface area contributed by atoms with E-state index < -0.39 is 0 Å². The predicted octanol–water partition coefficient (Wildman–Crippen LogP) is 3.90. The second kappa shape index (κ2) is 3.61. The van der Waals surface area contributed by atoms with Crippen LogP contribution in [0.1, 0.15) is 30.9 Å². The van der Waals surface area contributed by atoms with E-state index in [0.29, 0.717) is 0 Å². The lowest BCUT2D eigenvalue weighted by atomic mass is 9.92. The predicted molar refractivity (Wildman–Crippen MR) is 58.4 cm³/mol. The molecule has 0 heterocycles. The molecule has 1 aliphatic carbocycles. The zero-order valence-electron chi connectivity index (χ0n) is 7.96. The maximum Gasteiger partial charge on any atom is -0.00911 e. The van der Waals surface area contributed by atoms with Crippen molar-refractivity contribution in [2.45, 2.75) is 19.8 Å².